The lowest BCUT2D eigenvalue weighted by Gasteiger charge is -2.36. The van der Waals surface area contributed by atoms with Gasteiger partial charge in [-0.3, -0.25) is 9.48 Å². The maximum atomic E-state index is 12.5. The van der Waals surface area contributed by atoms with E-state index < -0.39 is 0 Å². The summed E-state index contributed by atoms with van der Waals surface area (Å²) in [6.07, 6.45) is 8.22. The van der Waals surface area contributed by atoms with Crippen molar-refractivity contribution in [1.82, 2.24) is 20.3 Å². The summed E-state index contributed by atoms with van der Waals surface area (Å²) >= 11 is 0. The number of methoxy groups -OCH3 is 1. The first-order valence-corrected chi connectivity index (χ1v) is 11.3. The van der Waals surface area contributed by atoms with E-state index >= 15 is 0 Å². The van der Waals surface area contributed by atoms with Gasteiger partial charge in [0.2, 0.25) is 5.91 Å². The maximum absolute atomic E-state index is 12.5. The van der Waals surface area contributed by atoms with Gasteiger partial charge in [0.1, 0.15) is 17.5 Å². The zero-order valence-electron chi connectivity index (χ0n) is 18.1. The van der Waals surface area contributed by atoms with Gasteiger partial charge in [0.25, 0.3) is 0 Å². The van der Waals surface area contributed by atoms with Crippen molar-refractivity contribution in [2.75, 3.05) is 13.7 Å². The van der Waals surface area contributed by atoms with Crippen molar-refractivity contribution < 1.29 is 19.4 Å². The number of nitrogens with one attached hydrogen (secondary N) is 1. The zero-order chi connectivity index (χ0) is 21.6. The summed E-state index contributed by atoms with van der Waals surface area (Å²) in [4.78, 5) is 12.5. The zero-order valence-corrected chi connectivity index (χ0v) is 18.1. The number of hydrogen-bond donors (Lipinski definition) is 2. The maximum Gasteiger partial charge on any atom is 0.223 e. The number of hydrogen-bond acceptors (Lipinski definition) is 6. The molecule has 1 aromatic carbocycles. The van der Waals surface area contributed by atoms with Gasteiger partial charge in [-0.05, 0) is 44.2 Å². The molecule has 0 bridgehead atoms. The largest absolute Gasteiger partial charge is 0.496 e. The molecule has 2 aliphatic rings. The number of aliphatic hydroxyl groups excluding tert-OH is 1. The monoisotopic (exact) mass is 428 g/mol. The average Bonchev–Trinajstić information content (AvgIpc) is 3.51. The van der Waals surface area contributed by atoms with E-state index in [-0.39, 0.29) is 36.7 Å². The van der Waals surface area contributed by atoms with E-state index in [1.165, 1.54) is 0 Å². The van der Waals surface area contributed by atoms with Crippen LogP contribution >= 0.6 is 0 Å². The van der Waals surface area contributed by atoms with Crippen molar-refractivity contribution in [3.05, 3.63) is 30.5 Å². The van der Waals surface area contributed by atoms with Crippen LogP contribution in [0.4, 0.5) is 0 Å². The van der Waals surface area contributed by atoms with Gasteiger partial charge in [0, 0.05) is 18.0 Å². The van der Waals surface area contributed by atoms with E-state index in [1.807, 2.05) is 35.1 Å². The summed E-state index contributed by atoms with van der Waals surface area (Å²) < 4.78 is 13.3. The van der Waals surface area contributed by atoms with Gasteiger partial charge in [-0.2, -0.15) is 0 Å². The summed E-state index contributed by atoms with van der Waals surface area (Å²) in [5.41, 5.74) is 1.68. The van der Waals surface area contributed by atoms with Gasteiger partial charge in [-0.15, -0.1) is 5.10 Å². The minimum absolute atomic E-state index is 0.0238. The molecule has 0 spiro atoms. The summed E-state index contributed by atoms with van der Waals surface area (Å²) in [6.45, 7) is 0.581. The third-order valence-corrected chi connectivity index (χ3v) is 6.45. The fourth-order valence-electron chi connectivity index (χ4n) is 4.66. The Balaban J connectivity index is 1.29. The molecule has 8 nitrogen and oxygen atoms in total. The highest BCUT2D eigenvalue weighted by atomic mass is 16.5. The van der Waals surface area contributed by atoms with Gasteiger partial charge in [0.05, 0.1) is 32.1 Å². The SMILES string of the molecule is COc1ccccc1-c1cn(CC[C@H]2CC[C@H](NC(=O)C3CCCC3)[C@@H](CO)O2)nn1. The Morgan fingerprint density at radius 1 is 1.26 bits per heavy atom. The Morgan fingerprint density at radius 2 is 2.06 bits per heavy atom. The molecule has 2 N–H and O–H groups in total. The molecule has 1 aromatic heterocycles. The number of ether oxygens (including phenoxy) is 2. The van der Waals surface area contributed by atoms with Crippen LogP contribution in [0.1, 0.15) is 44.9 Å². The Kier molecular flexibility index (Phi) is 7.19. The molecule has 3 atom stereocenters. The van der Waals surface area contributed by atoms with Crippen molar-refractivity contribution in [3.63, 3.8) is 0 Å². The number of carbonyl (C=O) groups excluding carboxylic acids is 1. The van der Waals surface area contributed by atoms with Crippen LogP contribution in [-0.4, -0.2) is 58.0 Å². The van der Waals surface area contributed by atoms with Crippen molar-refractivity contribution in [1.29, 1.82) is 0 Å². The number of aromatic nitrogens is 3. The molecule has 1 aliphatic carbocycles. The van der Waals surface area contributed by atoms with E-state index in [9.17, 15) is 9.90 Å². The van der Waals surface area contributed by atoms with E-state index in [0.29, 0.717) is 6.54 Å². The second kappa shape index (κ2) is 10.2. The van der Waals surface area contributed by atoms with Crippen molar-refractivity contribution in [3.8, 4) is 17.0 Å². The van der Waals surface area contributed by atoms with Gasteiger partial charge >= 0.3 is 0 Å². The van der Waals surface area contributed by atoms with Crippen LogP contribution < -0.4 is 10.1 Å². The Morgan fingerprint density at radius 3 is 2.84 bits per heavy atom. The van der Waals surface area contributed by atoms with Crippen LogP contribution in [0.25, 0.3) is 11.3 Å². The normalized spacial score (nSPS) is 24.3. The van der Waals surface area contributed by atoms with Crippen LogP contribution in [0.5, 0.6) is 5.75 Å². The molecule has 4 rings (SSSR count). The van der Waals surface area contributed by atoms with Gasteiger partial charge in [-0.25, -0.2) is 0 Å². The molecule has 168 valence electrons. The molecule has 1 amide bonds. The number of aliphatic hydroxyl groups is 1. The van der Waals surface area contributed by atoms with E-state index in [4.69, 9.17) is 9.47 Å². The number of amides is 1. The lowest BCUT2D eigenvalue weighted by atomic mass is 9.96. The molecule has 1 saturated heterocycles. The molecular weight excluding hydrogens is 396 g/mol. The van der Waals surface area contributed by atoms with Gasteiger partial charge in [0.15, 0.2) is 0 Å². The topological polar surface area (TPSA) is 98.5 Å². The van der Waals surface area contributed by atoms with Crippen LogP contribution in [0.2, 0.25) is 0 Å². The second-order valence-corrected chi connectivity index (χ2v) is 8.51. The first-order chi connectivity index (χ1) is 15.2. The number of benzene rings is 1. The van der Waals surface area contributed by atoms with Crippen LogP contribution in [0.15, 0.2) is 30.5 Å². The molecule has 0 unspecified atom stereocenters. The van der Waals surface area contributed by atoms with Gasteiger partial charge in [-0.1, -0.05) is 30.2 Å². The molecule has 1 saturated carbocycles. The standard InChI is InChI=1S/C23H32N4O4/c1-30-21-9-5-4-8-18(21)20-14-27(26-25-20)13-12-17-10-11-19(22(15-28)31-17)24-23(29)16-6-2-3-7-16/h4-5,8-9,14,16-17,19,22,28H,2-3,6-7,10-13,15H2,1H3,(H,24,29)/t17-,19+,22-/m1/s1. The highest BCUT2D eigenvalue weighted by Gasteiger charge is 2.33. The third-order valence-electron chi connectivity index (χ3n) is 6.45. The van der Waals surface area contributed by atoms with Crippen LogP contribution in [-0.2, 0) is 16.1 Å². The van der Waals surface area contributed by atoms with E-state index in [0.717, 1.165) is 62.0 Å². The predicted octanol–water partition coefficient (Wildman–Crippen LogP) is 2.56. The third kappa shape index (κ3) is 5.25. The lowest BCUT2D eigenvalue weighted by molar-refractivity contribution is -0.132. The summed E-state index contributed by atoms with van der Waals surface area (Å²) in [6, 6.07) is 7.63. The molecule has 0 radical (unpaired) electrons. The number of para-hydroxylation sites is 1. The number of rotatable bonds is 8. The highest BCUT2D eigenvalue weighted by Crippen LogP contribution is 2.29. The summed E-state index contributed by atoms with van der Waals surface area (Å²) in [5.74, 6) is 1.01. The van der Waals surface area contributed by atoms with E-state index in [2.05, 4.69) is 15.6 Å². The van der Waals surface area contributed by atoms with Crippen molar-refractivity contribution >= 4 is 5.91 Å². The Labute approximate surface area is 182 Å². The van der Waals surface area contributed by atoms with E-state index in [1.54, 1.807) is 7.11 Å². The fourth-order valence-corrected chi connectivity index (χ4v) is 4.66. The molecule has 2 aromatic rings. The van der Waals surface area contributed by atoms with Crippen molar-refractivity contribution in [2.24, 2.45) is 5.92 Å². The number of aryl methyl sites for hydroxylation is 1. The van der Waals surface area contributed by atoms with Gasteiger partial charge < -0.3 is 19.9 Å². The Hall–Kier alpha value is -2.45. The Bertz CT molecular complexity index is 865. The molecular formula is C23H32N4O4. The first-order valence-electron chi connectivity index (χ1n) is 11.3. The minimum Gasteiger partial charge on any atom is -0.496 e. The molecule has 1 aliphatic heterocycles. The molecule has 2 fully saturated rings. The smallest absolute Gasteiger partial charge is 0.223 e. The average molecular weight is 429 g/mol. The second-order valence-electron chi connectivity index (χ2n) is 8.51. The molecule has 8 heteroatoms. The minimum atomic E-state index is -0.357. The number of carbonyl (C=O) groups is 1. The predicted molar refractivity (Wildman–Crippen MR) is 115 cm³/mol. The van der Waals surface area contributed by atoms with Crippen LogP contribution in [0.3, 0.4) is 0 Å². The summed E-state index contributed by atoms with van der Waals surface area (Å²) in [5, 5.41) is 21.4. The quantitative estimate of drug-likeness (QED) is 0.671. The molecule has 31 heavy (non-hydrogen) atoms. The van der Waals surface area contributed by atoms with Crippen molar-refractivity contribution in [2.45, 2.75) is 69.7 Å². The summed E-state index contributed by atoms with van der Waals surface area (Å²) in [7, 11) is 1.64. The first kappa shape index (κ1) is 21.8. The van der Waals surface area contributed by atoms with Crippen LogP contribution in [0, 0.1) is 5.92 Å². The number of nitrogens with zero attached hydrogens (tertiary/aromatic N) is 3. The molecule has 2 heterocycles. The highest BCUT2D eigenvalue weighted by molar-refractivity contribution is 5.79. The lowest BCUT2D eigenvalue weighted by Crippen LogP contribution is -2.52. The fraction of sp³-hybridized carbons (Fsp3) is 0.609.